The van der Waals surface area contributed by atoms with Crippen LogP contribution in [0.2, 0.25) is 0 Å². The number of benzene rings is 1. The maximum atomic E-state index is 5.26. The van der Waals surface area contributed by atoms with Gasteiger partial charge in [0.25, 0.3) is 0 Å². The first kappa shape index (κ1) is 9.87. The monoisotopic (exact) mass is 268 g/mol. The molecule has 72 valence electrons. The van der Waals surface area contributed by atoms with Gasteiger partial charge in [-0.25, -0.2) is 0 Å². The van der Waals surface area contributed by atoms with Crippen molar-refractivity contribution in [1.82, 2.24) is 0 Å². The zero-order valence-electron chi connectivity index (χ0n) is 7.44. The predicted octanol–water partition coefficient (Wildman–Crippen LogP) is 4.33. The molecule has 2 aromatic rings. The third-order valence-electron chi connectivity index (χ3n) is 1.79. The minimum absolute atomic E-state index is 0.871. The van der Waals surface area contributed by atoms with Gasteiger partial charge in [0.1, 0.15) is 5.76 Å². The van der Waals surface area contributed by atoms with Crippen molar-refractivity contribution in [2.75, 3.05) is 0 Å². The van der Waals surface area contributed by atoms with E-state index in [0.29, 0.717) is 0 Å². The van der Waals surface area contributed by atoms with Crippen LogP contribution in [0, 0.1) is 0 Å². The Hall–Kier alpha value is -0.670. The number of hydrogen-bond donors (Lipinski definition) is 0. The highest BCUT2D eigenvalue weighted by molar-refractivity contribution is 9.10. The SMILES string of the molecule is Brc1ccccc1SCc1ccco1. The van der Waals surface area contributed by atoms with Gasteiger partial charge in [0.15, 0.2) is 0 Å². The van der Waals surface area contributed by atoms with Gasteiger partial charge < -0.3 is 4.42 Å². The molecule has 1 aromatic heterocycles. The molecule has 0 bridgehead atoms. The van der Waals surface area contributed by atoms with E-state index in [4.69, 9.17) is 4.42 Å². The lowest BCUT2D eigenvalue weighted by atomic mass is 10.4. The van der Waals surface area contributed by atoms with Crippen molar-refractivity contribution < 1.29 is 4.42 Å². The van der Waals surface area contributed by atoms with Crippen LogP contribution in [0.15, 0.2) is 56.4 Å². The minimum Gasteiger partial charge on any atom is -0.468 e. The van der Waals surface area contributed by atoms with E-state index in [0.717, 1.165) is 16.0 Å². The van der Waals surface area contributed by atoms with Crippen LogP contribution in [-0.4, -0.2) is 0 Å². The summed E-state index contributed by atoms with van der Waals surface area (Å²) in [5.41, 5.74) is 0. The van der Waals surface area contributed by atoms with E-state index in [2.05, 4.69) is 22.0 Å². The van der Waals surface area contributed by atoms with Crippen LogP contribution >= 0.6 is 27.7 Å². The van der Waals surface area contributed by atoms with Gasteiger partial charge in [-0.05, 0) is 40.2 Å². The third kappa shape index (κ3) is 2.42. The molecule has 1 heterocycles. The molecule has 2 rings (SSSR count). The molecule has 0 N–H and O–H groups in total. The van der Waals surface area contributed by atoms with Gasteiger partial charge >= 0.3 is 0 Å². The largest absolute Gasteiger partial charge is 0.468 e. The maximum Gasteiger partial charge on any atom is 0.113 e. The Labute approximate surface area is 95.6 Å². The van der Waals surface area contributed by atoms with Gasteiger partial charge in [0, 0.05) is 9.37 Å². The molecule has 0 radical (unpaired) electrons. The first-order valence-corrected chi connectivity index (χ1v) is 6.04. The number of furan rings is 1. The quantitative estimate of drug-likeness (QED) is 0.769. The van der Waals surface area contributed by atoms with Gasteiger partial charge in [0.05, 0.1) is 12.0 Å². The fourth-order valence-electron chi connectivity index (χ4n) is 1.11. The summed E-state index contributed by atoms with van der Waals surface area (Å²) in [6.45, 7) is 0. The Kier molecular flexibility index (Phi) is 3.32. The number of hydrogen-bond acceptors (Lipinski definition) is 2. The van der Waals surface area contributed by atoms with E-state index in [1.807, 2.05) is 30.3 Å². The van der Waals surface area contributed by atoms with E-state index in [1.54, 1.807) is 18.0 Å². The van der Waals surface area contributed by atoms with Crippen molar-refractivity contribution in [3.05, 3.63) is 52.9 Å². The second-order valence-electron chi connectivity index (χ2n) is 2.80. The number of rotatable bonds is 3. The summed E-state index contributed by atoms with van der Waals surface area (Å²) in [5.74, 6) is 1.88. The van der Waals surface area contributed by atoms with E-state index in [-0.39, 0.29) is 0 Å². The summed E-state index contributed by atoms with van der Waals surface area (Å²) >= 11 is 5.27. The lowest BCUT2D eigenvalue weighted by Gasteiger charge is -2.01. The van der Waals surface area contributed by atoms with Crippen LogP contribution in [0.3, 0.4) is 0 Å². The van der Waals surface area contributed by atoms with Gasteiger partial charge in [-0.1, -0.05) is 12.1 Å². The Morgan fingerprint density at radius 2 is 2.00 bits per heavy atom. The molecule has 0 amide bonds. The standard InChI is InChI=1S/C11H9BrOS/c12-10-5-1-2-6-11(10)14-8-9-4-3-7-13-9/h1-7H,8H2. The van der Waals surface area contributed by atoms with Gasteiger partial charge in [-0.3, -0.25) is 0 Å². The van der Waals surface area contributed by atoms with Gasteiger partial charge in [0.2, 0.25) is 0 Å². The lowest BCUT2D eigenvalue weighted by Crippen LogP contribution is -1.77. The summed E-state index contributed by atoms with van der Waals surface area (Å²) in [5, 5.41) is 0. The smallest absolute Gasteiger partial charge is 0.113 e. The third-order valence-corrected chi connectivity index (χ3v) is 3.84. The number of thioether (sulfide) groups is 1. The Morgan fingerprint density at radius 3 is 2.71 bits per heavy atom. The molecule has 1 aromatic carbocycles. The molecule has 14 heavy (non-hydrogen) atoms. The minimum atomic E-state index is 0.871. The molecule has 0 saturated carbocycles. The van der Waals surface area contributed by atoms with Crippen molar-refractivity contribution in [1.29, 1.82) is 0 Å². The van der Waals surface area contributed by atoms with Crippen molar-refractivity contribution in [2.45, 2.75) is 10.6 Å². The summed E-state index contributed by atoms with van der Waals surface area (Å²) < 4.78 is 6.39. The molecule has 0 aliphatic rings. The molecule has 0 atom stereocenters. The molecule has 0 saturated heterocycles. The summed E-state index contributed by atoms with van der Waals surface area (Å²) in [6.07, 6.45) is 1.70. The van der Waals surface area contributed by atoms with E-state index in [1.165, 1.54) is 4.90 Å². The first-order valence-electron chi connectivity index (χ1n) is 4.26. The second kappa shape index (κ2) is 4.71. The maximum absolute atomic E-state index is 5.26. The van der Waals surface area contributed by atoms with Gasteiger partial charge in [-0.2, -0.15) is 0 Å². The Balaban J connectivity index is 2.02. The molecule has 3 heteroatoms. The van der Waals surface area contributed by atoms with Crippen molar-refractivity contribution in [2.24, 2.45) is 0 Å². The number of halogens is 1. The zero-order valence-corrected chi connectivity index (χ0v) is 9.85. The molecule has 0 spiro atoms. The fourth-order valence-corrected chi connectivity index (χ4v) is 2.58. The molecule has 0 aliphatic heterocycles. The average molecular weight is 269 g/mol. The molecule has 1 nitrogen and oxygen atoms in total. The highest BCUT2D eigenvalue weighted by Gasteiger charge is 2.01. The van der Waals surface area contributed by atoms with E-state index in [9.17, 15) is 0 Å². The van der Waals surface area contributed by atoms with Gasteiger partial charge in [-0.15, -0.1) is 11.8 Å². The first-order chi connectivity index (χ1) is 6.86. The van der Waals surface area contributed by atoms with Crippen LogP contribution < -0.4 is 0 Å². The lowest BCUT2D eigenvalue weighted by molar-refractivity contribution is 0.530. The summed E-state index contributed by atoms with van der Waals surface area (Å²) in [4.78, 5) is 1.24. The highest BCUT2D eigenvalue weighted by atomic mass is 79.9. The second-order valence-corrected chi connectivity index (χ2v) is 4.67. The Bertz CT molecular complexity index is 397. The average Bonchev–Trinajstić information content (AvgIpc) is 2.69. The van der Waals surface area contributed by atoms with Crippen molar-refractivity contribution >= 4 is 27.7 Å². The summed E-state index contributed by atoms with van der Waals surface area (Å²) in [7, 11) is 0. The summed E-state index contributed by atoms with van der Waals surface area (Å²) in [6, 6.07) is 12.1. The van der Waals surface area contributed by atoms with Crippen LogP contribution in [0.5, 0.6) is 0 Å². The van der Waals surface area contributed by atoms with Crippen molar-refractivity contribution in [3.63, 3.8) is 0 Å². The van der Waals surface area contributed by atoms with Crippen LogP contribution in [0.4, 0.5) is 0 Å². The molecular formula is C11H9BrOS. The topological polar surface area (TPSA) is 13.1 Å². The predicted molar refractivity (Wildman–Crippen MR) is 62.4 cm³/mol. The molecule has 0 fully saturated rings. The van der Waals surface area contributed by atoms with E-state index >= 15 is 0 Å². The van der Waals surface area contributed by atoms with Crippen molar-refractivity contribution in [3.8, 4) is 0 Å². The molecule has 0 aliphatic carbocycles. The van der Waals surface area contributed by atoms with Crippen LogP contribution in [0.1, 0.15) is 5.76 Å². The zero-order chi connectivity index (χ0) is 9.80. The van der Waals surface area contributed by atoms with Crippen LogP contribution in [0.25, 0.3) is 0 Å². The molecule has 0 unspecified atom stereocenters. The van der Waals surface area contributed by atoms with Crippen LogP contribution in [-0.2, 0) is 5.75 Å². The Morgan fingerprint density at radius 1 is 1.14 bits per heavy atom. The fraction of sp³-hybridized carbons (Fsp3) is 0.0909. The molecular weight excluding hydrogens is 260 g/mol. The highest BCUT2D eigenvalue weighted by Crippen LogP contribution is 2.29. The normalized spacial score (nSPS) is 10.4. The van der Waals surface area contributed by atoms with E-state index < -0.39 is 0 Å².